The molecule has 1 aliphatic heterocycles. The molecule has 120 valence electrons. The standard InChI is InChI=1S/C18H26N2O2/c1-14-8-5-6-9-15(14)16(21)19-10-7-11-20(13-12-19)17(22)18(2,3)4/h5-6,8-9H,7,10-13H2,1-4H3. The van der Waals surface area contributed by atoms with Gasteiger partial charge in [0, 0.05) is 37.2 Å². The first-order valence-corrected chi connectivity index (χ1v) is 7.95. The van der Waals surface area contributed by atoms with Crippen LogP contribution in [-0.2, 0) is 4.79 Å². The smallest absolute Gasteiger partial charge is 0.254 e. The summed E-state index contributed by atoms with van der Waals surface area (Å²) in [5, 5.41) is 0. The number of carbonyl (C=O) groups excluding carboxylic acids is 2. The van der Waals surface area contributed by atoms with Gasteiger partial charge in [-0.05, 0) is 25.0 Å². The van der Waals surface area contributed by atoms with Crippen LogP contribution in [-0.4, -0.2) is 47.8 Å². The molecule has 2 amide bonds. The Labute approximate surface area is 133 Å². The summed E-state index contributed by atoms with van der Waals surface area (Å²) in [7, 11) is 0. The van der Waals surface area contributed by atoms with Crippen LogP contribution in [0.5, 0.6) is 0 Å². The Balaban J connectivity index is 2.06. The quantitative estimate of drug-likeness (QED) is 0.800. The van der Waals surface area contributed by atoms with Gasteiger partial charge in [-0.25, -0.2) is 0 Å². The van der Waals surface area contributed by atoms with Crippen LogP contribution in [0.1, 0.15) is 43.1 Å². The summed E-state index contributed by atoms with van der Waals surface area (Å²) < 4.78 is 0. The second-order valence-corrected chi connectivity index (χ2v) is 7.00. The highest BCUT2D eigenvalue weighted by atomic mass is 16.2. The number of amides is 2. The van der Waals surface area contributed by atoms with Gasteiger partial charge in [-0.15, -0.1) is 0 Å². The molecule has 0 saturated carbocycles. The predicted octanol–water partition coefficient (Wildman–Crippen LogP) is 2.72. The topological polar surface area (TPSA) is 40.6 Å². The summed E-state index contributed by atoms with van der Waals surface area (Å²) in [6.07, 6.45) is 0.833. The summed E-state index contributed by atoms with van der Waals surface area (Å²) in [5.41, 5.74) is 1.40. The fourth-order valence-electron chi connectivity index (χ4n) is 2.78. The van der Waals surface area contributed by atoms with Crippen LogP contribution in [0.4, 0.5) is 0 Å². The summed E-state index contributed by atoms with van der Waals surface area (Å²) in [4.78, 5) is 28.8. The molecule has 1 aromatic rings. The number of benzene rings is 1. The third-order valence-electron chi connectivity index (χ3n) is 4.09. The second kappa shape index (κ2) is 6.51. The lowest BCUT2D eigenvalue weighted by Crippen LogP contribution is -2.42. The fourth-order valence-corrected chi connectivity index (χ4v) is 2.78. The minimum absolute atomic E-state index is 0.0724. The van der Waals surface area contributed by atoms with Crippen molar-refractivity contribution in [2.75, 3.05) is 26.2 Å². The zero-order valence-electron chi connectivity index (χ0n) is 14.1. The van der Waals surface area contributed by atoms with Crippen molar-refractivity contribution in [3.63, 3.8) is 0 Å². The Morgan fingerprint density at radius 3 is 2.18 bits per heavy atom. The van der Waals surface area contributed by atoms with Crippen LogP contribution in [0.15, 0.2) is 24.3 Å². The lowest BCUT2D eigenvalue weighted by atomic mass is 9.94. The summed E-state index contributed by atoms with van der Waals surface area (Å²) in [6.45, 7) is 10.4. The molecule has 1 aliphatic rings. The molecule has 0 bridgehead atoms. The molecule has 0 N–H and O–H groups in total. The second-order valence-electron chi connectivity index (χ2n) is 7.00. The minimum atomic E-state index is -0.366. The fraction of sp³-hybridized carbons (Fsp3) is 0.556. The Hall–Kier alpha value is -1.84. The molecule has 0 aromatic heterocycles. The van der Waals surface area contributed by atoms with E-state index in [2.05, 4.69) is 0 Å². The van der Waals surface area contributed by atoms with Crippen LogP contribution in [0, 0.1) is 12.3 Å². The third kappa shape index (κ3) is 3.67. The highest BCUT2D eigenvalue weighted by Gasteiger charge is 2.29. The van der Waals surface area contributed by atoms with E-state index in [9.17, 15) is 9.59 Å². The van der Waals surface area contributed by atoms with E-state index < -0.39 is 0 Å². The van der Waals surface area contributed by atoms with Gasteiger partial charge in [-0.3, -0.25) is 9.59 Å². The first-order valence-electron chi connectivity index (χ1n) is 7.95. The first kappa shape index (κ1) is 16.5. The van der Waals surface area contributed by atoms with Gasteiger partial charge in [0.2, 0.25) is 5.91 Å². The molecular formula is C18H26N2O2. The normalized spacial score (nSPS) is 16.4. The molecule has 4 heteroatoms. The van der Waals surface area contributed by atoms with Crippen molar-refractivity contribution in [3.05, 3.63) is 35.4 Å². The molecule has 1 heterocycles. The number of nitrogens with zero attached hydrogens (tertiary/aromatic N) is 2. The Morgan fingerprint density at radius 1 is 0.955 bits per heavy atom. The van der Waals surface area contributed by atoms with Crippen molar-refractivity contribution in [3.8, 4) is 0 Å². The molecule has 0 radical (unpaired) electrons. The van der Waals surface area contributed by atoms with Gasteiger partial charge >= 0.3 is 0 Å². The van der Waals surface area contributed by atoms with Gasteiger partial charge in [-0.1, -0.05) is 39.0 Å². The van der Waals surface area contributed by atoms with E-state index in [1.807, 2.05) is 61.8 Å². The van der Waals surface area contributed by atoms with E-state index in [4.69, 9.17) is 0 Å². The van der Waals surface area contributed by atoms with Gasteiger partial charge in [0.05, 0.1) is 0 Å². The summed E-state index contributed by atoms with van der Waals surface area (Å²) >= 11 is 0. The van der Waals surface area contributed by atoms with E-state index in [1.165, 1.54) is 0 Å². The zero-order valence-corrected chi connectivity index (χ0v) is 14.1. The van der Waals surface area contributed by atoms with Gasteiger partial charge in [0.15, 0.2) is 0 Å². The van der Waals surface area contributed by atoms with Gasteiger partial charge in [-0.2, -0.15) is 0 Å². The summed E-state index contributed by atoms with van der Waals surface area (Å²) in [5.74, 6) is 0.237. The van der Waals surface area contributed by atoms with Crippen LogP contribution in [0.3, 0.4) is 0 Å². The molecule has 4 nitrogen and oxygen atoms in total. The van der Waals surface area contributed by atoms with Crippen molar-refractivity contribution < 1.29 is 9.59 Å². The van der Waals surface area contributed by atoms with Crippen LogP contribution in [0.2, 0.25) is 0 Å². The predicted molar refractivity (Wildman–Crippen MR) is 87.7 cm³/mol. The zero-order chi connectivity index (χ0) is 16.3. The minimum Gasteiger partial charge on any atom is -0.340 e. The van der Waals surface area contributed by atoms with Crippen molar-refractivity contribution in [2.24, 2.45) is 5.41 Å². The number of rotatable bonds is 1. The van der Waals surface area contributed by atoms with E-state index in [1.54, 1.807) is 0 Å². The highest BCUT2D eigenvalue weighted by molar-refractivity contribution is 5.95. The largest absolute Gasteiger partial charge is 0.340 e. The molecule has 2 rings (SSSR count). The summed E-state index contributed by atoms with van der Waals surface area (Å²) in [6, 6.07) is 7.67. The molecule has 22 heavy (non-hydrogen) atoms. The van der Waals surface area contributed by atoms with Crippen molar-refractivity contribution in [2.45, 2.75) is 34.1 Å². The van der Waals surface area contributed by atoms with E-state index in [0.717, 1.165) is 24.1 Å². The maximum Gasteiger partial charge on any atom is 0.254 e. The first-order chi connectivity index (χ1) is 10.3. The lowest BCUT2D eigenvalue weighted by Gasteiger charge is -2.28. The lowest BCUT2D eigenvalue weighted by molar-refractivity contribution is -0.139. The van der Waals surface area contributed by atoms with Crippen LogP contribution in [0.25, 0.3) is 0 Å². The Bertz CT molecular complexity index is 560. The van der Waals surface area contributed by atoms with E-state index in [0.29, 0.717) is 19.6 Å². The molecule has 0 unspecified atom stereocenters. The number of hydrogen-bond acceptors (Lipinski definition) is 2. The molecule has 0 spiro atoms. The van der Waals surface area contributed by atoms with Crippen LogP contribution < -0.4 is 0 Å². The molecule has 0 aliphatic carbocycles. The van der Waals surface area contributed by atoms with Crippen molar-refractivity contribution in [1.82, 2.24) is 9.80 Å². The molecular weight excluding hydrogens is 276 g/mol. The number of aryl methyl sites for hydroxylation is 1. The SMILES string of the molecule is Cc1ccccc1C(=O)N1CCCN(C(=O)C(C)(C)C)CC1. The highest BCUT2D eigenvalue weighted by Crippen LogP contribution is 2.19. The van der Waals surface area contributed by atoms with E-state index in [-0.39, 0.29) is 17.2 Å². The van der Waals surface area contributed by atoms with Gasteiger partial charge in [0.1, 0.15) is 0 Å². The monoisotopic (exact) mass is 302 g/mol. The number of hydrogen-bond donors (Lipinski definition) is 0. The van der Waals surface area contributed by atoms with Gasteiger partial charge in [0.25, 0.3) is 5.91 Å². The van der Waals surface area contributed by atoms with Gasteiger partial charge < -0.3 is 9.80 Å². The number of carbonyl (C=O) groups is 2. The average molecular weight is 302 g/mol. The Morgan fingerprint density at radius 2 is 1.55 bits per heavy atom. The van der Waals surface area contributed by atoms with Crippen LogP contribution >= 0.6 is 0 Å². The van der Waals surface area contributed by atoms with E-state index >= 15 is 0 Å². The molecule has 0 atom stereocenters. The molecule has 1 aromatic carbocycles. The third-order valence-corrected chi connectivity index (χ3v) is 4.09. The van der Waals surface area contributed by atoms with Crippen molar-refractivity contribution in [1.29, 1.82) is 0 Å². The molecule has 1 saturated heterocycles. The maximum absolute atomic E-state index is 12.7. The Kier molecular flexibility index (Phi) is 4.89. The molecule has 1 fully saturated rings. The van der Waals surface area contributed by atoms with Crippen molar-refractivity contribution >= 4 is 11.8 Å². The average Bonchev–Trinajstić information content (AvgIpc) is 2.71. The maximum atomic E-state index is 12.7.